The summed E-state index contributed by atoms with van der Waals surface area (Å²) in [5, 5.41) is 20.2. The van der Waals surface area contributed by atoms with Crippen LogP contribution < -0.4 is 25.4 Å². The van der Waals surface area contributed by atoms with Crippen molar-refractivity contribution in [3.63, 3.8) is 0 Å². The van der Waals surface area contributed by atoms with Crippen molar-refractivity contribution < 1.29 is 38.0 Å². The molecule has 0 aliphatic carbocycles. The number of ether oxygens (including phenoxy) is 1. The van der Waals surface area contributed by atoms with Gasteiger partial charge >= 0.3 is 7.82 Å². The Balaban J connectivity index is 0.817. The molecule has 0 saturated carbocycles. The molecule has 5 N–H and O–H groups in total. The molecule has 16 heteroatoms. The number of pyridine rings is 1. The Bertz CT molecular complexity index is 2610. The molecule has 0 spiro atoms. The summed E-state index contributed by atoms with van der Waals surface area (Å²) in [7, 11) is -2.95. The number of quaternary nitrogens is 1. The van der Waals surface area contributed by atoms with Crippen LogP contribution in [0.4, 0.5) is 17.3 Å². The molecule has 1 aliphatic rings. The summed E-state index contributed by atoms with van der Waals surface area (Å²) in [6.45, 7) is 8.61. The lowest BCUT2D eigenvalue weighted by Crippen LogP contribution is -2.56. The van der Waals surface area contributed by atoms with Gasteiger partial charge in [-0.15, -0.1) is 0 Å². The van der Waals surface area contributed by atoms with Crippen LogP contribution in [0.5, 0.6) is 5.75 Å². The van der Waals surface area contributed by atoms with Crippen LogP contribution in [0, 0.1) is 6.92 Å². The molecular weight excluding hydrogens is 904 g/mol. The van der Waals surface area contributed by atoms with Gasteiger partial charge in [-0.2, -0.15) is 0 Å². The predicted octanol–water partition coefficient (Wildman–Crippen LogP) is 8.20. The van der Waals surface area contributed by atoms with E-state index in [-0.39, 0.29) is 18.1 Å². The van der Waals surface area contributed by atoms with Gasteiger partial charge in [0.05, 0.1) is 25.8 Å². The maximum absolute atomic E-state index is 13.3. The molecule has 1 amide bonds. The number of aliphatic hydroxyl groups excluding tert-OH is 1. The van der Waals surface area contributed by atoms with Gasteiger partial charge < -0.3 is 39.3 Å². The number of carbonyl (C=O) groups excluding carboxylic acids is 1. The van der Waals surface area contributed by atoms with Crippen molar-refractivity contribution in [3.05, 3.63) is 161 Å². The lowest BCUT2D eigenvalue weighted by atomic mass is 10.0. The SMILES string of the molecule is Cc1ccc(NC(=O)c2ccc(CN3CC[N+](C)(Cc4ccc(CC(O)NCCCCCCOCCCCc5ccccc5)cc4OP(=O)([O-])O)CC3)cc2)cc1Nc1nccc(-c2cccnc2)n1. The van der Waals surface area contributed by atoms with Crippen molar-refractivity contribution in [3.8, 4) is 17.0 Å². The third-order valence-corrected chi connectivity index (χ3v) is 13.1. The van der Waals surface area contributed by atoms with Crippen LogP contribution in [-0.4, -0.2) is 99.5 Å². The van der Waals surface area contributed by atoms with Gasteiger partial charge in [-0.25, -0.2) is 9.97 Å². The van der Waals surface area contributed by atoms with Crippen LogP contribution in [0.25, 0.3) is 11.3 Å². The van der Waals surface area contributed by atoms with Crippen LogP contribution >= 0.6 is 7.82 Å². The first-order valence-corrected chi connectivity index (χ1v) is 25.8. The van der Waals surface area contributed by atoms with E-state index in [1.807, 2.05) is 85.8 Å². The topological polar surface area (TPSA) is 194 Å². The first-order valence-electron chi connectivity index (χ1n) is 24.3. The molecule has 370 valence electrons. The number of hydrogen-bond acceptors (Lipinski definition) is 12. The van der Waals surface area contributed by atoms with Crippen LogP contribution in [0.15, 0.2) is 128 Å². The van der Waals surface area contributed by atoms with Crippen molar-refractivity contribution >= 4 is 31.1 Å². The lowest BCUT2D eigenvalue weighted by molar-refractivity contribution is -0.926. The largest absolute Gasteiger partial charge is 0.746 e. The molecule has 3 heterocycles. The monoisotopic (exact) mass is 970 g/mol. The van der Waals surface area contributed by atoms with Crippen LogP contribution in [0.3, 0.4) is 0 Å². The number of rotatable bonds is 26. The number of hydrogen-bond donors (Lipinski definition) is 5. The number of carbonyl (C=O) groups is 1. The van der Waals surface area contributed by atoms with E-state index in [0.29, 0.717) is 52.4 Å². The predicted molar refractivity (Wildman–Crippen MR) is 272 cm³/mol. The Labute approximate surface area is 412 Å². The Morgan fingerprint density at radius 1 is 0.857 bits per heavy atom. The van der Waals surface area contributed by atoms with E-state index in [2.05, 4.69) is 67.1 Å². The highest BCUT2D eigenvalue weighted by Crippen LogP contribution is 2.37. The molecular formula is C54H67N8O7P. The van der Waals surface area contributed by atoms with E-state index in [9.17, 15) is 24.3 Å². The summed E-state index contributed by atoms with van der Waals surface area (Å²) in [6.07, 6.45) is 11.9. The van der Waals surface area contributed by atoms with Gasteiger partial charge in [0.1, 0.15) is 18.5 Å². The molecule has 0 bridgehead atoms. The summed E-state index contributed by atoms with van der Waals surface area (Å²) in [6, 6.07) is 34.8. The maximum Gasteiger partial charge on any atom is 0.317 e. The standard InChI is InChI=1S/C54H67N8O7P/c1-41-17-24-48(37-50(41)60-54-57-28-25-49(59-54)46-16-12-26-55-38-46)58-53(64)45-21-18-43(19-22-45)39-61-29-31-62(2,32-30-61)40-47-23-20-44(35-51(47)69-70(65,66)67)36-52(63)56-27-9-3-4-10-33-68-34-11-8-15-42-13-6-5-7-14-42/h5-7,12-14,16-26,28,35,37-38,52,56,63H,3-4,8-11,15,27,29-34,36,39-40H2,1-2H3,(H3-,57,58,59,60,64,65,66,67). The number of phosphoric ester groups is 1. The van der Waals surface area contributed by atoms with E-state index in [4.69, 9.17) is 9.26 Å². The fourth-order valence-corrected chi connectivity index (χ4v) is 9.00. The molecule has 2 unspecified atom stereocenters. The minimum Gasteiger partial charge on any atom is -0.746 e. The Kier molecular flexibility index (Phi) is 19.2. The minimum atomic E-state index is -5.08. The van der Waals surface area contributed by atoms with E-state index >= 15 is 0 Å². The van der Waals surface area contributed by atoms with Crippen LogP contribution in [0.1, 0.15) is 76.7 Å². The zero-order valence-corrected chi connectivity index (χ0v) is 41.2. The second kappa shape index (κ2) is 25.8. The zero-order chi connectivity index (χ0) is 49.2. The molecule has 70 heavy (non-hydrogen) atoms. The molecule has 1 fully saturated rings. The number of nitrogens with zero attached hydrogens (tertiary/aromatic N) is 5. The molecule has 1 saturated heterocycles. The number of aromatic nitrogens is 3. The van der Waals surface area contributed by atoms with Crippen LogP contribution in [0.2, 0.25) is 0 Å². The number of aliphatic hydroxyl groups is 1. The highest BCUT2D eigenvalue weighted by Gasteiger charge is 2.30. The van der Waals surface area contributed by atoms with Gasteiger partial charge in [0.25, 0.3) is 5.91 Å². The normalized spacial score (nSPS) is 14.9. The highest BCUT2D eigenvalue weighted by atomic mass is 31.2. The van der Waals surface area contributed by atoms with E-state index in [0.717, 1.165) is 112 Å². The second-order valence-corrected chi connectivity index (χ2v) is 19.6. The average molecular weight is 971 g/mol. The second-order valence-electron chi connectivity index (χ2n) is 18.5. The minimum absolute atomic E-state index is 0.0758. The molecule has 1 aliphatic heterocycles. The number of benzene rings is 4. The molecule has 4 aromatic carbocycles. The Morgan fingerprint density at radius 3 is 2.37 bits per heavy atom. The zero-order valence-electron chi connectivity index (χ0n) is 40.3. The third-order valence-electron chi connectivity index (χ3n) is 12.7. The number of phosphoric acid groups is 1. The van der Waals surface area contributed by atoms with Gasteiger partial charge in [0.15, 0.2) is 0 Å². The molecule has 2 atom stereocenters. The smallest absolute Gasteiger partial charge is 0.317 e. The van der Waals surface area contributed by atoms with Crippen molar-refractivity contribution in [2.45, 2.75) is 77.6 Å². The number of nitrogens with one attached hydrogen (secondary N) is 3. The Morgan fingerprint density at radius 2 is 1.61 bits per heavy atom. The van der Waals surface area contributed by atoms with Crippen molar-refractivity contribution in [1.82, 2.24) is 25.2 Å². The van der Waals surface area contributed by atoms with Gasteiger partial charge in [-0.3, -0.25) is 24.6 Å². The van der Waals surface area contributed by atoms with Gasteiger partial charge in [0.2, 0.25) is 5.95 Å². The van der Waals surface area contributed by atoms with E-state index in [1.165, 1.54) is 5.56 Å². The highest BCUT2D eigenvalue weighted by molar-refractivity contribution is 7.45. The number of piperazine rings is 1. The van der Waals surface area contributed by atoms with Gasteiger partial charge in [0, 0.05) is 85.9 Å². The third kappa shape index (κ3) is 16.9. The maximum atomic E-state index is 13.3. The molecule has 2 aromatic heterocycles. The number of anilines is 3. The molecule has 7 rings (SSSR count). The quantitative estimate of drug-likeness (QED) is 0.0151. The molecule has 0 radical (unpaired) electrons. The van der Waals surface area contributed by atoms with Crippen molar-refractivity contribution in [2.75, 3.05) is 63.6 Å². The fraction of sp³-hybridized carbons (Fsp3) is 0.370. The summed E-state index contributed by atoms with van der Waals surface area (Å²) in [5.74, 6) is 0.287. The van der Waals surface area contributed by atoms with E-state index in [1.54, 1.807) is 24.7 Å². The first-order chi connectivity index (χ1) is 33.9. The number of likely N-dealkylation sites (N-methyl/N-ethyl adjacent to an activating group) is 1. The molecule has 15 nitrogen and oxygen atoms in total. The number of aryl methyl sites for hydroxylation is 2. The summed E-state index contributed by atoms with van der Waals surface area (Å²) in [5.41, 5.74) is 8.35. The van der Waals surface area contributed by atoms with Gasteiger partial charge in [-0.1, -0.05) is 67.4 Å². The summed E-state index contributed by atoms with van der Waals surface area (Å²) < 4.78 is 23.5. The van der Waals surface area contributed by atoms with E-state index < -0.39 is 14.1 Å². The average Bonchev–Trinajstić information content (AvgIpc) is 3.35. The van der Waals surface area contributed by atoms with Gasteiger partial charge in [-0.05, 0) is 122 Å². The lowest BCUT2D eigenvalue weighted by Gasteiger charge is -2.42. The Hall–Kier alpha value is -5.87. The number of amides is 1. The first kappa shape index (κ1) is 52.0. The fourth-order valence-electron chi connectivity index (χ4n) is 8.58. The van der Waals surface area contributed by atoms with Crippen molar-refractivity contribution in [1.29, 1.82) is 0 Å². The number of unbranched alkanes of at least 4 members (excludes halogenated alkanes) is 4. The van der Waals surface area contributed by atoms with Crippen LogP contribution in [-0.2, 0) is 35.2 Å². The van der Waals surface area contributed by atoms with Crippen molar-refractivity contribution in [2.24, 2.45) is 0 Å². The summed E-state index contributed by atoms with van der Waals surface area (Å²) in [4.78, 5) is 50.6. The summed E-state index contributed by atoms with van der Waals surface area (Å²) >= 11 is 0. The molecule has 6 aromatic rings.